The number of nitriles is 1. The van der Waals surface area contributed by atoms with Crippen molar-refractivity contribution in [2.24, 2.45) is 0 Å². The molecule has 4 aromatic rings. The number of anilines is 2. The number of hydrogen-bond donors (Lipinski definition) is 2. The smallest absolute Gasteiger partial charge is 0.319 e. The monoisotopic (exact) mass is 623 g/mol. The van der Waals surface area contributed by atoms with E-state index < -0.39 is 11.6 Å². The largest absolute Gasteiger partial charge is 0.459 e. The topological polar surface area (TPSA) is 103 Å². The fraction of sp³-hybridized carbons (Fsp3) is 0.452. The van der Waals surface area contributed by atoms with E-state index in [4.69, 9.17) is 27.1 Å². The maximum atomic E-state index is 16.9. The van der Waals surface area contributed by atoms with Crippen LogP contribution < -0.4 is 20.7 Å². The van der Waals surface area contributed by atoms with E-state index in [2.05, 4.69) is 33.2 Å². The van der Waals surface area contributed by atoms with Crippen LogP contribution in [0.4, 0.5) is 19.6 Å². The number of ether oxygens (including phenoxy) is 1. The molecule has 2 aromatic carbocycles. The highest BCUT2D eigenvalue weighted by molar-refractivity contribution is 7.23. The van der Waals surface area contributed by atoms with Crippen molar-refractivity contribution in [2.45, 2.75) is 56.7 Å². The average molecular weight is 624 g/mol. The lowest BCUT2D eigenvalue weighted by molar-refractivity contribution is 0.112. The van der Waals surface area contributed by atoms with Gasteiger partial charge in [-0.25, -0.2) is 8.78 Å². The van der Waals surface area contributed by atoms with Gasteiger partial charge >= 0.3 is 6.01 Å². The van der Waals surface area contributed by atoms with E-state index in [0.29, 0.717) is 11.2 Å². The fourth-order valence-corrected chi connectivity index (χ4v) is 8.37. The number of nitrogen functional groups attached to an aromatic ring is 1. The number of piperidine rings is 1. The molecule has 0 aliphatic carbocycles. The Hall–Kier alpha value is -3.30. The van der Waals surface area contributed by atoms with E-state index in [9.17, 15) is 9.65 Å². The summed E-state index contributed by atoms with van der Waals surface area (Å²) >= 11 is 7.81. The van der Waals surface area contributed by atoms with E-state index in [1.807, 2.05) is 6.92 Å². The fourth-order valence-electron chi connectivity index (χ4n) is 7.12. The standard InChI is InChI=1S/C31H32ClF2N7OS/c1-16(22-5-3-11-40(22)2)42-30-38-26-18(29(39-30)41-12-4-8-31(15-41)9-10-37-31)13-20(32)24(25(26)34)17-6-7-21(33)27-23(17)19(14-35)28(36)43-27/h6-7,13,16,22,37H,3-5,8-12,15,36H2,1-2H3/t16-,22-,31?/m0/s1. The minimum absolute atomic E-state index is 0.0188. The zero-order valence-corrected chi connectivity index (χ0v) is 25.6. The molecule has 3 fully saturated rings. The van der Waals surface area contributed by atoms with Crippen molar-refractivity contribution in [3.05, 3.63) is 40.4 Å². The molecule has 3 aliphatic rings. The zero-order chi connectivity index (χ0) is 30.0. The molecular formula is C31H32ClF2N7OS. The molecule has 0 bridgehead atoms. The summed E-state index contributed by atoms with van der Waals surface area (Å²) in [5.74, 6) is -0.644. The lowest BCUT2D eigenvalue weighted by Crippen LogP contribution is -2.65. The Morgan fingerprint density at radius 1 is 1.26 bits per heavy atom. The lowest BCUT2D eigenvalue weighted by Gasteiger charge is -2.50. The van der Waals surface area contributed by atoms with Crippen molar-refractivity contribution < 1.29 is 13.5 Å². The Kier molecular flexibility index (Phi) is 7.08. The van der Waals surface area contributed by atoms with Crippen molar-refractivity contribution in [3.8, 4) is 23.2 Å². The molecule has 43 heavy (non-hydrogen) atoms. The molecule has 3 saturated heterocycles. The van der Waals surface area contributed by atoms with Gasteiger partial charge in [-0.3, -0.25) is 4.90 Å². The van der Waals surface area contributed by atoms with Crippen LogP contribution in [0.15, 0.2) is 18.2 Å². The molecule has 1 spiro atoms. The van der Waals surface area contributed by atoms with Gasteiger partial charge in [0.25, 0.3) is 0 Å². The number of hydrogen-bond acceptors (Lipinski definition) is 9. The first-order valence-electron chi connectivity index (χ1n) is 14.7. The molecule has 5 heterocycles. The van der Waals surface area contributed by atoms with E-state index in [1.165, 1.54) is 12.1 Å². The second-order valence-corrected chi connectivity index (χ2v) is 13.5. The van der Waals surface area contributed by atoms with E-state index in [1.54, 1.807) is 6.07 Å². The third-order valence-electron chi connectivity index (χ3n) is 9.43. The molecule has 0 amide bonds. The van der Waals surface area contributed by atoms with Crippen LogP contribution in [0.25, 0.3) is 32.1 Å². The molecule has 224 valence electrons. The predicted molar refractivity (Wildman–Crippen MR) is 167 cm³/mol. The lowest BCUT2D eigenvalue weighted by atomic mass is 9.80. The van der Waals surface area contributed by atoms with Crippen LogP contribution in [0.2, 0.25) is 5.02 Å². The minimum atomic E-state index is -0.684. The molecule has 0 saturated carbocycles. The van der Waals surface area contributed by atoms with Crippen LogP contribution in [0.1, 0.15) is 44.6 Å². The van der Waals surface area contributed by atoms with Crippen LogP contribution >= 0.6 is 22.9 Å². The number of likely N-dealkylation sites (tertiary alicyclic amines) is 1. The maximum absolute atomic E-state index is 16.9. The van der Waals surface area contributed by atoms with Crippen molar-refractivity contribution in [2.75, 3.05) is 43.9 Å². The predicted octanol–water partition coefficient (Wildman–Crippen LogP) is 6.09. The summed E-state index contributed by atoms with van der Waals surface area (Å²) in [7, 11) is 2.08. The molecule has 7 rings (SSSR count). The third-order valence-corrected chi connectivity index (χ3v) is 10.8. The number of thiophene rings is 1. The molecule has 8 nitrogen and oxygen atoms in total. The van der Waals surface area contributed by atoms with Gasteiger partial charge in [0.2, 0.25) is 0 Å². The first kappa shape index (κ1) is 28.5. The number of nitrogens with zero attached hydrogens (tertiary/aromatic N) is 5. The first-order chi connectivity index (χ1) is 20.7. The molecule has 1 unspecified atom stereocenters. The SMILES string of the molecule is C[C@H](Oc1nc(N2CCCC3(CCN3)C2)c2cc(Cl)c(-c3ccc(F)c4sc(N)c(C#N)c34)c(F)c2n1)[C@@H]1CCCN1C. The summed E-state index contributed by atoms with van der Waals surface area (Å²) in [6.45, 7) is 5.46. The van der Waals surface area contributed by atoms with E-state index in [0.717, 1.165) is 69.6 Å². The van der Waals surface area contributed by atoms with E-state index in [-0.39, 0.29) is 66.0 Å². The van der Waals surface area contributed by atoms with Gasteiger partial charge in [-0.15, -0.1) is 11.3 Å². The van der Waals surface area contributed by atoms with Crippen LogP contribution in [-0.4, -0.2) is 65.8 Å². The summed E-state index contributed by atoms with van der Waals surface area (Å²) in [5, 5.41) is 14.4. The maximum Gasteiger partial charge on any atom is 0.319 e. The Morgan fingerprint density at radius 3 is 2.77 bits per heavy atom. The number of fused-ring (bicyclic) bond motifs is 2. The normalized spacial score (nSPS) is 23.2. The Morgan fingerprint density at radius 2 is 2.07 bits per heavy atom. The first-order valence-corrected chi connectivity index (χ1v) is 15.9. The zero-order valence-electron chi connectivity index (χ0n) is 24.0. The minimum Gasteiger partial charge on any atom is -0.459 e. The quantitative estimate of drug-likeness (QED) is 0.275. The van der Waals surface area contributed by atoms with Gasteiger partial charge in [0.1, 0.15) is 34.3 Å². The van der Waals surface area contributed by atoms with Gasteiger partial charge in [0.05, 0.1) is 15.3 Å². The number of nitrogens with two attached hydrogens (primary N) is 1. The summed E-state index contributed by atoms with van der Waals surface area (Å²) in [6.07, 6.45) is 4.99. The number of halogens is 3. The summed E-state index contributed by atoms with van der Waals surface area (Å²) in [5.41, 5.74) is 6.56. The van der Waals surface area contributed by atoms with Crippen LogP contribution in [0, 0.1) is 23.0 Å². The number of nitrogens with one attached hydrogen (secondary N) is 1. The van der Waals surface area contributed by atoms with Crippen LogP contribution in [0.5, 0.6) is 6.01 Å². The molecule has 12 heteroatoms. The molecule has 3 atom stereocenters. The Labute approximate surface area is 257 Å². The Balaban J connectivity index is 1.42. The van der Waals surface area contributed by atoms with Crippen molar-refractivity contribution in [1.29, 1.82) is 5.26 Å². The third kappa shape index (κ3) is 4.67. The van der Waals surface area contributed by atoms with Crippen LogP contribution in [-0.2, 0) is 0 Å². The number of rotatable bonds is 5. The highest BCUT2D eigenvalue weighted by atomic mass is 35.5. The van der Waals surface area contributed by atoms with Gasteiger partial charge < -0.3 is 20.7 Å². The van der Waals surface area contributed by atoms with Gasteiger partial charge in [-0.05, 0) is 76.9 Å². The van der Waals surface area contributed by atoms with Gasteiger partial charge in [0.15, 0.2) is 5.82 Å². The van der Waals surface area contributed by atoms with E-state index >= 15 is 4.39 Å². The molecule has 2 aromatic heterocycles. The second kappa shape index (κ2) is 10.7. The Bertz CT molecular complexity index is 1800. The summed E-state index contributed by atoms with van der Waals surface area (Å²) < 4.78 is 38.2. The molecule has 3 aliphatic heterocycles. The second-order valence-electron chi connectivity index (χ2n) is 12.0. The molecule has 0 radical (unpaired) electrons. The van der Waals surface area contributed by atoms with Crippen LogP contribution in [0.3, 0.4) is 0 Å². The molecular weight excluding hydrogens is 592 g/mol. The highest BCUT2D eigenvalue weighted by Crippen LogP contribution is 2.46. The summed E-state index contributed by atoms with van der Waals surface area (Å²) in [6, 6.07) is 6.72. The summed E-state index contributed by atoms with van der Waals surface area (Å²) in [4.78, 5) is 13.9. The highest BCUT2D eigenvalue weighted by Gasteiger charge is 2.41. The average Bonchev–Trinajstić information content (AvgIpc) is 3.56. The van der Waals surface area contributed by atoms with Gasteiger partial charge in [-0.1, -0.05) is 17.7 Å². The van der Waals surface area contributed by atoms with Crippen molar-refractivity contribution in [1.82, 2.24) is 20.2 Å². The number of likely N-dealkylation sites (N-methyl/N-ethyl adjacent to an activating group) is 1. The van der Waals surface area contributed by atoms with Crippen molar-refractivity contribution in [3.63, 3.8) is 0 Å². The van der Waals surface area contributed by atoms with Crippen molar-refractivity contribution >= 4 is 54.7 Å². The van der Waals surface area contributed by atoms with Gasteiger partial charge in [-0.2, -0.15) is 15.2 Å². The van der Waals surface area contributed by atoms with Gasteiger partial charge in [0, 0.05) is 41.0 Å². The molecule has 3 N–H and O–H groups in total. The number of aromatic nitrogens is 2. The number of benzene rings is 2.